The molecule has 1 aliphatic rings. The largest absolute Gasteiger partial charge is 0.350 e. The van der Waals surface area contributed by atoms with Crippen molar-refractivity contribution in [1.82, 2.24) is 9.88 Å². The molecule has 0 bridgehead atoms. The van der Waals surface area contributed by atoms with E-state index in [0.29, 0.717) is 5.92 Å². The van der Waals surface area contributed by atoms with Crippen LogP contribution in [0.3, 0.4) is 0 Å². The Morgan fingerprint density at radius 1 is 1.35 bits per heavy atom. The molecule has 0 aliphatic carbocycles. The summed E-state index contributed by atoms with van der Waals surface area (Å²) in [6.07, 6.45) is 2.35. The molecule has 0 spiro atoms. The Bertz CT molecular complexity index is 656. The monoisotopic (exact) mass is 270 g/mol. The van der Waals surface area contributed by atoms with Gasteiger partial charge in [0.1, 0.15) is 5.69 Å². The second kappa shape index (κ2) is 4.97. The highest BCUT2D eigenvalue weighted by molar-refractivity contribution is 6.01. The molecule has 20 heavy (non-hydrogen) atoms. The topological polar surface area (TPSA) is 36.1 Å². The minimum Gasteiger partial charge on any atom is -0.350 e. The van der Waals surface area contributed by atoms with Gasteiger partial charge in [-0.05, 0) is 50.3 Å². The SMILES string of the molecule is Cc1ccc2[nH]c(C(=O)N3CCCC(C)C3)c(C)c2c1. The van der Waals surface area contributed by atoms with E-state index < -0.39 is 0 Å². The summed E-state index contributed by atoms with van der Waals surface area (Å²) in [5.74, 6) is 0.766. The normalized spacial score (nSPS) is 19.6. The number of fused-ring (bicyclic) bond motifs is 1. The van der Waals surface area contributed by atoms with Crippen LogP contribution in [-0.4, -0.2) is 28.9 Å². The molecule has 1 unspecified atom stereocenters. The van der Waals surface area contributed by atoms with Crippen molar-refractivity contribution >= 4 is 16.8 Å². The Morgan fingerprint density at radius 3 is 2.90 bits per heavy atom. The molecule has 106 valence electrons. The number of aromatic nitrogens is 1. The average Bonchev–Trinajstić information content (AvgIpc) is 2.75. The number of carbonyl (C=O) groups is 1. The van der Waals surface area contributed by atoms with Gasteiger partial charge in [-0.1, -0.05) is 18.6 Å². The molecule has 3 rings (SSSR count). The van der Waals surface area contributed by atoms with E-state index in [1.807, 2.05) is 11.8 Å². The maximum absolute atomic E-state index is 12.7. The fourth-order valence-electron chi connectivity index (χ4n) is 3.19. The molecule has 1 amide bonds. The second-order valence-electron chi connectivity index (χ2n) is 6.17. The molecular formula is C17H22N2O. The van der Waals surface area contributed by atoms with Gasteiger partial charge < -0.3 is 9.88 Å². The van der Waals surface area contributed by atoms with Crippen LogP contribution >= 0.6 is 0 Å². The van der Waals surface area contributed by atoms with Crippen LogP contribution in [0.25, 0.3) is 10.9 Å². The highest BCUT2D eigenvalue weighted by Gasteiger charge is 2.24. The van der Waals surface area contributed by atoms with Gasteiger partial charge in [0, 0.05) is 24.0 Å². The van der Waals surface area contributed by atoms with Gasteiger partial charge in [0.05, 0.1) is 0 Å². The fourth-order valence-corrected chi connectivity index (χ4v) is 3.19. The lowest BCUT2D eigenvalue weighted by Crippen LogP contribution is -2.39. The molecule has 1 aromatic heterocycles. The van der Waals surface area contributed by atoms with Gasteiger partial charge in [0.15, 0.2) is 0 Å². The standard InChI is InChI=1S/C17H22N2O/c1-11-6-7-15-14(9-11)13(3)16(18-15)17(20)19-8-4-5-12(2)10-19/h6-7,9,12,18H,4-5,8,10H2,1-3H3. The molecule has 1 N–H and O–H groups in total. The smallest absolute Gasteiger partial charge is 0.270 e. The van der Waals surface area contributed by atoms with E-state index in [1.54, 1.807) is 0 Å². The fraction of sp³-hybridized carbons (Fsp3) is 0.471. The van der Waals surface area contributed by atoms with Crippen molar-refractivity contribution in [2.24, 2.45) is 5.92 Å². The van der Waals surface area contributed by atoms with E-state index in [9.17, 15) is 4.79 Å². The van der Waals surface area contributed by atoms with Crippen LogP contribution in [-0.2, 0) is 0 Å². The lowest BCUT2D eigenvalue weighted by molar-refractivity contribution is 0.0677. The van der Waals surface area contributed by atoms with E-state index in [0.717, 1.165) is 36.3 Å². The third-order valence-electron chi connectivity index (χ3n) is 4.37. The van der Waals surface area contributed by atoms with E-state index >= 15 is 0 Å². The zero-order chi connectivity index (χ0) is 14.3. The van der Waals surface area contributed by atoms with Gasteiger partial charge >= 0.3 is 0 Å². The van der Waals surface area contributed by atoms with Crippen LogP contribution in [0, 0.1) is 19.8 Å². The Hall–Kier alpha value is -1.77. The lowest BCUT2D eigenvalue weighted by Gasteiger charge is -2.30. The first kappa shape index (κ1) is 13.2. The summed E-state index contributed by atoms with van der Waals surface area (Å²) >= 11 is 0. The summed E-state index contributed by atoms with van der Waals surface area (Å²) in [5.41, 5.74) is 4.12. The number of carbonyl (C=O) groups excluding carboxylic acids is 1. The molecule has 2 aromatic rings. The van der Waals surface area contributed by atoms with Crippen LogP contribution < -0.4 is 0 Å². The third-order valence-corrected chi connectivity index (χ3v) is 4.37. The molecule has 0 saturated carbocycles. The summed E-state index contributed by atoms with van der Waals surface area (Å²) in [4.78, 5) is 18.0. The van der Waals surface area contributed by atoms with Crippen LogP contribution in [0.5, 0.6) is 0 Å². The number of rotatable bonds is 1. The average molecular weight is 270 g/mol. The van der Waals surface area contributed by atoms with Crippen LogP contribution in [0.4, 0.5) is 0 Å². The summed E-state index contributed by atoms with van der Waals surface area (Å²) in [5, 5.41) is 1.17. The van der Waals surface area contributed by atoms with Crippen molar-refractivity contribution in [3.05, 3.63) is 35.0 Å². The first-order valence-electron chi connectivity index (χ1n) is 7.44. The number of H-pyrrole nitrogens is 1. The zero-order valence-electron chi connectivity index (χ0n) is 12.5. The first-order valence-corrected chi connectivity index (χ1v) is 7.44. The van der Waals surface area contributed by atoms with Gasteiger partial charge in [0.2, 0.25) is 0 Å². The van der Waals surface area contributed by atoms with Crippen LogP contribution in [0.1, 0.15) is 41.4 Å². The predicted octanol–water partition coefficient (Wildman–Crippen LogP) is 3.66. The number of nitrogens with one attached hydrogen (secondary N) is 1. The van der Waals surface area contributed by atoms with E-state index in [-0.39, 0.29) is 5.91 Å². The number of aryl methyl sites for hydroxylation is 2. The predicted molar refractivity (Wildman–Crippen MR) is 82.1 cm³/mol. The van der Waals surface area contributed by atoms with Gasteiger partial charge in [-0.3, -0.25) is 4.79 Å². The van der Waals surface area contributed by atoms with Gasteiger partial charge in [-0.25, -0.2) is 0 Å². The van der Waals surface area contributed by atoms with E-state index in [4.69, 9.17) is 0 Å². The molecule has 1 fully saturated rings. The first-order chi connectivity index (χ1) is 9.56. The van der Waals surface area contributed by atoms with E-state index in [2.05, 4.69) is 37.0 Å². The van der Waals surface area contributed by atoms with Crippen LogP contribution in [0.15, 0.2) is 18.2 Å². The summed E-state index contributed by atoms with van der Waals surface area (Å²) in [6, 6.07) is 6.29. The molecule has 1 saturated heterocycles. The number of aromatic amines is 1. The summed E-state index contributed by atoms with van der Waals surface area (Å²) < 4.78 is 0. The van der Waals surface area contributed by atoms with Crippen molar-refractivity contribution in [2.45, 2.75) is 33.6 Å². The van der Waals surface area contributed by atoms with Crippen molar-refractivity contribution in [1.29, 1.82) is 0 Å². The Balaban J connectivity index is 1.97. The molecule has 0 radical (unpaired) electrons. The maximum Gasteiger partial charge on any atom is 0.270 e. The van der Waals surface area contributed by atoms with E-state index in [1.165, 1.54) is 17.4 Å². The molecule has 2 heterocycles. The van der Waals surface area contributed by atoms with Crippen LogP contribution in [0.2, 0.25) is 0 Å². The van der Waals surface area contributed by atoms with Crippen molar-refractivity contribution in [3.8, 4) is 0 Å². The molecule has 3 heteroatoms. The van der Waals surface area contributed by atoms with Gasteiger partial charge in [-0.2, -0.15) is 0 Å². The minimum absolute atomic E-state index is 0.155. The zero-order valence-corrected chi connectivity index (χ0v) is 12.5. The summed E-state index contributed by atoms with van der Waals surface area (Å²) in [7, 11) is 0. The molecule has 1 aromatic carbocycles. The summed E-state index contributed by atoms with van der Waals surface area (Å²) in [6.45, 7) is 8.11. The second-order valence-corrected chi connectivity index (χ2v) is 6.17. The Kier molecular flexibility index (Phi) is 3.28. The number of piperidine rings is 1. The highest BCUT2D eigenvalue weighted by atomic mass is 16.2. The lowest BCUT2D eigenvalue weighted by atomic mass is 10.00. The van der Waals surface area contributed by atoms with Gasteiger partial charge in [-0.15, -0.1) is 0 Å². The third kappa shape index (κ3) is 2.21. The maximum atomic E-state index is 12.7. The molecule has 3 nitrogen and oxygen atoms in total. The number of hydrogen-bond acceptors (Lipinski definition) is 1. The van der Waals surface area contributed by atoms with Crippen molar-refractivity contribution < 1.29 is 4.79 Å². The van der Waals surface area contributed by atoms with Crippen molar-refractivity contribution in [3.63, 3.8) is 0 Å². The Morgan fingerprint density at radius 2 is 2.15 bits per heavy atom. The molecule has 1 atom stereocenters. The number of hydrogen-bond donors (Lipinski definition) is 1. The van der Waals surface area contributed by atoms with Crippen molar-refractivity contribution in [2.75, 3.05) is 13.1 Å². The number of nitrogens with zero attached hydrogens (tertiary/aromatic N) is 1. The quantitative estimate of drug-likeness (QED) is 0.843. The number of amides is 1. The Labute approximate surface area is 120 Å². The molecule has 1 aliphatic heterocycles. The highest BCUT2D eigenvalue weighted by Crippen LogP contribution is 2.25. The number of benzene rings is 1. The number of likely N-dealkylation sites (tertiary alicyclic amines) is 1. The van der Waals surface area contributed by atoms with Gasteiger partial charge in [0.25, 0.3) is 5.91 Å². The molecular weight excluding hydrogens is 248 g/mol. The minimum atomic E-state index is 0.155.